The molecule has 6 nitrogen and oxygen atoms in total. The number of nitrogens with one attached hydrogen (secondary N) is 2. The molecule has 0 radical (unpaired) electrons. The molecule has 1 aromatic carbocycles. The lowest BCUT2D eigenvalue weighted by atomic mass is 10.2. The molecule has 0 heterocycles. The molecule has 1 amide bonds. The minimum absolute atomic E-state index is 0.0403. The van der Waals surface area contributed by atoms with Gasteiger partial charge in [0.25, 0.3) is 5.91 Å². The third kappa shape index (κ3) is 6.49. The van der Waals surface area contributed by atoms with Crippen molar-refractivity contribution in [2.24, 2.45) is 4.99 Å². The van der Waals surface area contributed by atoms with E-state index in [1.807, 2.05) is 24.3 Å². The number of hydrogen-bond acceptors (Lipinski definition) is 3. The molecule has 0 saturated carbocycles. The highest BCUT2D eigenvalue weighted by Crippen LogP contribution is 2.14. The Balaban J connectivity index is 1.93. The van der Waals surface area contributed by atoms with Crippen molar-refractivity contribution in [1.82, 2.24) is 15.5 Å². The number of carbonyl (C=O) groups is 1. The Labute approximate surface area is 150 Å². The molecule has 6 heteroatoms. The molecule has 0 unspecified atom stereocenters. The highest BCUT2D eigenvalue weighted by molar-refractivity contribution is 5.80. The first kappa shape index (κ1) is 18.8. The second-order valence-electron chi connectivity index (χ2n) is 6.20. The number of rotatable bonds is 7. The van der Waals surface area contributed by atoms with Gasteiger partial charge in [-0.05, 0) is 37.5 Å². The van der Waals surface area contributed by atoms with E-state index in [4.69, 9.17) is 4.74 Å². The first-order chi connectivity index (χ1) is 12.1. The van der Waals surface area contributed by atoms with Gasteiger partial charge < -0.3 is 20.3 Å². The summed E-state index contributed by atoms with van der Waals surface area (Å²) in [6, 6.07) is 8.12. The van der Waals surface area contributed by atoms with Gasteiger partial charge in [-0.1, -0.05) is 24.3 Å². The summed E-state index contributed by atoms with van der Waals surface area (Å²) in [6.45, 7) is 3.47. The molecule has 0 aromatic heterocycles. The molecule has 0 atom stereocenters. The molecule has 0 fully saturated rings. The molecule has 25 heavy (non-hydrogen) atoms. The fourth-order valence-electron chi connectivity index (χ4n) is 2.43. The molecule has 1 aromatic rings. The highest BCUT2D eigenvalue weighted by atomic mass is 16.5. The van der Waals surface area contributed by atoms with Crippen LogP contribution in [0.4, 0.5) is 0 Å². The van der Waals surface area contributed by atoms with Crippen LogP contribution >= 0.6 is 0 Å². The van der Waals surface area contributed by atoms with Gasteiger partial charge in [0.15, 0.2) is 12.6 Å². The minimum atomic E-state index is -0.0628. The monoisotopic (exact) mass is 344 g/mol. The van der Waals surface area contributed by atoms with E-state index >= 15 is 0 Å². The van der Waals surface area contributed by atoms with Gasteiger partial charge in [-0.15, -0.1) is 0 Å². The maximum Gasteiger partial charge on any atom is 0.259 e. The first-order valence-electron chi connectivity index (χ1n) is 8.70. The third-order valence-electron chi connectivity index (χ3n) is 3.87. The predicted molar refractivity (Wildman–Crippen MR) is 101 cm³/mol. The number of aliphatic imine (C=N–C) groups is 1. The Morgan fingerprint density at radius 1 is 1.32 bits per heavy atom. The normalized spacial score (nSPS) is 14.4. The van der Waals surface area contributed by atoms with Crippen molar-refractivity contribution in [2.45, 2.75) is 32.4 Å². The van der Waals surface area contributed by atoms with Gasteiger partial charge in [0.05, 0.1) is 6.54 Å². The Morgan fingerprint density at radius 2 is 2.08 bits per heavy atom. The van der Waals surface area contributed by atoms with E-state index in [-0.39, 0.29) is 12.5 Å². The van der Waals surface area contributed by atoms with Crippen LogP contribution in [0.15, 0.2) is 41.4 Å². The van der Waals surface area contributed by atoms with Crippen molar-refractivity contribution in [3.63, 3.8) is 0 Å². The summed E-state index contributed by atoms with van der Waals surface area (Å²) >= 11 is 0. The lowest BCUT2D eigenvalue weighted by molar-refractivity contribution is -0.130. The number of likely N-dealkylation sites (N-methyl/N-ethyl adjacent to an activating group) is 1. The van der Waals surface area contributed by atoms with Crippen molar-refractivity contribution in [3.8, 4) is 5.75 Å². The molecule has 2 N–H and O–H groups in total. The van der Waals surface area contributed by atoms with Gasteiger partial charge in [-0.2, -0.15) is 0 Å². The summed E-state index contributed by atoms with van der Waals surface area (Å²) in [7, 11) is 3.43. The summed E-state index contributed by atoms with van der Waals surface area (Å²) in [5, 5.41) is 6.73. The zero-order valence-corrected chi connectivity index (χ0v) is 15.3. The molecule has 2 rings (SSSR count). The smallest absolute Gasteiger partial charge is 0.259 e. The van der Waals surface area contributed by atoms with Crippen LogP contribution in [0.3, 0.4) is 0 Å². The summed E-state index contributed by atoms with van der Waals surface area (Å²) in [5.74, 6) is 1.44. The van der Waals surface area contributed by atoms with E-state index in [9.17, 15) is 4.79 Å². The maximum absolute atomic E-state index is 11.6. The van der Waals surface area contributed by atoms with E-state index in [1.54, 1.807) is 14.1 Å². The molecule has 0 spiro atoms. The van der Waals surface area contributed by atoms with Gasteiger partial charge in [0.2, 0.25) is 0 Å². The van der Waals surface area contributed by atoms with Gasteiger partial charge in [-0.25, -0.2) is 4.99 Å². The maximum atomic E-state index is 11.6. The van der Waals surface area contributed by atoms with Crippen LogP contribution in [-0.4, -0.2) is 50.1 Å². The quantitative estimate of drug-likeness (QED) is 0.451. The number of ether oxygens (including phenoxy) is 1. The van der Waals surface area contributed by atoms with Crippen molar-refractivity contribution in [3.05, 3.63) is 42.0 Å². The minimum Gasteiger partial charge on any atom is -0.484 e. The van der Waals surface area contributed by atoms with Crippen LogP contribution < -0.4 is 15.4 Å². The molecule has 1 aliphatic rings. The van der Waals surface area contributed by atoms with Gasteiger partial charge in [0.1, 0.15) is 5.75 Å². The topological polar surface area (TPSA) is 66.0 Å². The second-order valence-corrected chi connectivity index (χ2v) is 6.20. The molecular formula is C19H28N4O2. The van der Waals surface area contributed by atoms with Gasteiger partial charge >= 0.3 is 0 Å². The number of guanidine groups is 1. The first-order valence-corrected chi connectivity index (χ1v) is 8.70. The number of carbonyl (C=O) groups excluding carboxylic acids is 1. The lowest BCUT2D eigenvalue weighted by Gasteiger charge is -2.16. The SMILES string of the molecule is CCNC(=NCc1cccc(OCC(=O)N(C)C)c1)NC1CC=CC1. The largest absolute Gasteiger partial charge is 0.484 e. The van der Waals surface area contributed by atoms with E-state index in [0.29, 0.717) is 18.3 Å². The van der Waals surface area contributed by atoms with Gasteiger partial charge in [0, 0.05) is 26.7 Å². The van der Waals surface area contributed by atoms with Crippen molar-refractivity contribution >= 4 is 11.9 Å². The number of amides is 1. The molecule has 0 bridgehead atoms. The van der Waals surface area contributed by atoms with E-state index < -0.39 is 0 Å². The number of nitrogens with zero attached hydrogens (tertiary/aromatic N) is 2. The molecular weight excluding hydrogens is 316 g/mol. The van der Waals surface area contributed by atoms with Crippen LogP contribution in [0, 0.1) is 0 Å². The van der Waals surface area contributed by atoms with Gasteiger partial charge in [-0.3, -0.25) is 4.79 Å². The highest BCUT2D eigenvalue weighted by Gasteiger charge is 2.11. The summed E-state index contributed by atoms with van der Waals surface area (Å²) < 4.78 is 5.55. The molecule has 0 aliphatic heterocycles. The Hall–Kier alpha value is -2.50. The average Bonchev–Trinajstić information content (AvgIpc) is 3.11. The molecule has 1 aliphatic carbocycles. The summed E-state index contributed by atoms with van der Waals surface area (Å²) in [6.07, 6.45) is 6.45. The molecule has 136 valence electrons. The average molecular weight is 344 g/mol. The van der Waals surface area contributed by atoms with Crippen LogP contribution in [0.2, 0.25) is 0 Å². The fourth-order valence-corrected chi connectivity index (χ4v) is 2.43. The summed E-state index contributed by atoms with van der Waals surface area (Å²) in [5.41, 5.74) is 1.04. The Morgan fingerprint density at radius 3 is 2.76 bits per heavy atom. The van der Waals surface area contributed by atoms with E-state index in [0.717, 1.165) is 30.9 Å². The Kier molecular flexibility index (Phi) is 7.32. The van der Waals surface area contributed by atoms with Crippen molar-refractivity contribution in [1.29, 1.82) is 0 Å². The predicted octanol–water partition coefficient (Wildman–Crippen LogP) is 1.93. The Bertz CT molecular complexity index is 618. The van der Waals surface area contributed by atoms with Crippen LogP contribution in [0.25, 0.3) is 0 Å². The van der Waals surface area contributed by atoms with Crippen molar-refractivity contribution in [2.75, 3.05) is 27.2 Å². The van der Waals surface area contributed by atoms with Crippen LogP contribution in [0.1, 0.15) is 25.3 Å². The zero-order chi connectivity index (χ0) is 18.1. The van der Waals surface area contributed by atoms with E-state index in [1.165, 1.54) is 4.90 Å². The standard InChI is InChI=1S/C19H28N4O2/c1-4-20-19(22-16-9-5-6-10-16)21-13-15-8-7-11-17(12-15)25-14-18(24)23(2)3/h5-8,11-12,16H,4,9-10,13-14H2,1-3H3,(H2,20,21,22). The third-order valence-corrected chi connectivity index (χ3v) is 3.87. The van der Waals surface area contributed by atoms with E-state index in [2.05, 4.69) is 34.7 Å². The zero-order valence-electron chi connectivity index (χ0n) is 15.3. The van der Waals surface area contributed by atoms with Crippen molar-refractivity contribution < 1.29 is 9.53 Å². The number of hydrogen-bond donors (Lipinski definition) is 2. The number of benzene rings is 1. The second kappa shape index (κ2) is 9.71. The fraction of sp³-hybridized carbons (Fsp3) is 0.474. The summed E-state index contributed by atoms with van der Waals surface area (Å²) in [4.78, 5) is 17.8. The van der Waals surface area contributed by atoms with Crippen LogP contribution in [0.5, 0.6) is 5.75 Å². The lowest BCUT2D eigenvalue weighted by Crippen LogP contribution is -2.42. The molecule has 0 saturated heterocycles. The van der Waals surface area contributed by atoms with Crippen LogP contribution in [-0.2, 0) is 11.3 Å².